The first-order valence-corrected chi connectivity index (χ1v) is 13.3. The highest BCUT2D eigenvalue weighted by Crippen LogP contribution is 2.32. The Morgan fingerprint density at radius 1 is 1.25 bits per heavy atom. The number of aromatic nitrogens is 1. The topological polar surface area (TPSA) is 53.5 Å². The van der Waals surface area contributed by atoms with Gasteiger partial charge in [-0.25, -0.2) is 17.8 Å². The van der Waals surface area contributed by atoms with Crippen molar-refractivity contribution in [3.05, 3.63) is 76.0 Å². The molecule has 0 aliphatic carbocycles. The highest BCUT2D eigenvalue weighted by Gasteiger charge is 2.34. The summed E-state index contributed by atoms with van der Waals surface area (Å²) in [5.41, 5.74) is 4.77. The standard InChI is InChI=1S/C24H28FN3O2S2/c1-17-11-24(32(29,30)15-20-14-31-16-26-20)21(25)12-23(17)27(3)22-9-10-28(18(22)2)13-19-7-5-4-6-8-19/h4-8,11-12,14,16,18,22H,9-10,13,15H2,1-3H3/t18-,22?/m1/s1. The average molecular weight is 474 g/mol. The lowest BCUT2D eigenvalue weighted by Crippen LogP contribution is -2.41. The number of thiazole rings is 1. The molecule has 3 aromatic rings. The number of benzene rings is 2. The minimum atomic E-state index is -3.81. The summed E-state index contributed by atoms with van der Waals surface area (Å²) in [5.74, 6) is -1.00. The van der Waals surface area contributed by atoms with E-state index in [-0.39, 0.29) is 22.7 Å². The van der Waals surface area contributed by atoms with Gasteiger partial charge in [0.1, 0.15) is 10.7 Å². The number of sulfone groups is 1. The van der Waals surface area contributed by atoms with Crippen molar-refractivity contribution in [2.24, 2.45) is 0 Å². The van der Waals surface area contributed by atoms with E-state index >= 15 is 4.39 Å². The fourth-order valence-electron chi connectivity index (χ4n) is 4.57. The van der Waals surface area contributed by atoms with Crippen molar-refractivity contribution >= 4 is 26.9 Å². The predicted molar refractivity (Wildman–Crippen MR) is 127 cm³/mol. The van der Waals surface area contributed by atoms with E-state index in [1.54, 1.807) is 10.9 Å². The minimum Gasteiger partial charge on any atom is -0.370 e. The Hall–Kier alpha value is -2.29. The van der Waals surface area contributed by atoms with Crippen molar-refractivity contribution in [1.29, 1.82) is 0 Å². The average Bonchev–Trinajstić information content (AvgIpc) is 3.39. The molecule has 32 heavy (non-hydrogen) atoms. The van der Waals surface area contributed by atoms with Crippen LogP contribution in [0.25, 0.3) is 0 Å². The van der Waals surface area contributed by atoms with E-state index in [1.807, 2.05) is 20.0 Å². The lowest BCUT2D eigenvalue weighted by molar-refractivity contribution is 0.250. The Bertz CT molecular complexity index is 1170. The molecule has 4 rings (SSSR count). The second-order valence-corrected chi connectivity index (χ2v) is 11.1. The maximum atomic E-state index is 15.0. The van der Waals surface area contributed by atoms with Gasteiger partial charge in [0.25, 0.3) is 0 Å². The van der Waals surface area contributed by atoms with Crippen LogP contribution in [-0.2, 0) is 22.1 Å². The number of halogens is 1. The molecule has 5 nitrogen and oxygen atoms in total. The van der Waals surface area contributed by atoms with Crippen molar-refractivity contribution in [1.82, 2.24) is 9.88 Å². The Morgan fingerprint density at radius 2 is 2.00 bits per heavy atom. The first kappa shape index (κ1) is 22.9. The monoisotopic (exact) mass is 473 g/mol. The summed E-state index contributed by atoms with van der Waals surface area (Å²) in [7, 11) is -1.84. The van der Waals surface area contributed by atoms with Gasteiger partial charge >= 0.3 is 0 Å². The summed E-state index contributed by atoms with van der Waals surface area (Å²) in [6, 6.07) is 13.7. The first-order chi connectivity index (χ1) is 15.3. The molecule has 1 unspecified atom stereocenters. The summed E-state index contributed by atoms with van der Waals surface area (Å²) >= 11 is 1.32. The van der Waals surface area contributed by atoms with Crippen molar-refractivity contribution in [3.8, 4) is 0 Å². The van der Waals surface area contributed by atoms with E-state index in [0.717, 1.165) is 30.8 Å². The summed E-state index contributed by atoms with van der Waals surface area (Å²) in [4.78, 5) is 8.31. The lowest BCUT2D eigenvalue weighted by atomic mass is 10.1. The Labute approximate surface area is 193 Å². The third-order valence-corrected chi connectivity index (χ3v) is 8.65. The zero-order chi connectivity index (χ0) is 22.9. The van der Waals surface area contributed by atoms with Crippen molar-refractivity contribution in [2.75, 3.05) is 18.5 Å². The predicted octanol–water partition coefficient (Wildman–Crippen LogP) is 4.66. The molecule has 0 bridgehead atoms. The van der Waals surface area contributed by atoms with Crippen LogP contribution < -0.4 is 4.90 Å². The third kappa shape index (κ3) is 4.72. The van der Waals surface area contributed by atoms with E-state index in [1.165, 1.54) is 29.0 Å². The lowest BCUT2D eigenvalue weighted by Gasteiger charge is -2.33. The quantitative estimate of drug-likeness (QED) is 0.499. The molecule has 0 saturated carbocycles. The van der Waals surface area contributed by atoms with Gasteiger partial charge in [-0.05, 0) is 43.5 Å². The molecule has 0 radical (unpaired) electrons. The number of hydrogen-bond acceptors (Lipinski definition) is 6. The van der Waals surface area contributed by atoms with Gasteiger partial charge in [-0.2, -0.15) is 0 Å². The summed E-state index contributed by atoms with van der Waals surface area (Å²) < 4.78 is 40.6. The van der Waals surface area contributed by atoms with Crippen molar-refractivity contribution in [3.63, 3.8) is 0 Å². The Kier molecular flexibility index (Phi) is 6.65. The maximum absolute atomic E-state index is 15.0. The van der Waals surface area contributed by atoms with E-state index in [0.29, 0.717) is 5.69 Å². The fraction of sp³-hybridized carbons (Fsp3) is 0.375. The summed E-state index contributed by atoms with van der Waals surface area (Å²) in [6.07, 6.45) is 0.968. The fourth-order valence-corrected chi connectivity index (χ4v) is 6.65. The van der Waals surface area contributed by atoms with Gasteiger partial charge in [0.15, 0.2) is 9.84 Å². The van der Waals surface area contributed by atoms with Gasteiger partial charge in [0, 0.05) is 43.3 Å². The Balaban J connectivity index is 1.53. The van der Waals surface area contributed by atoms with E-state index < -0.39 is 15.7 Å². The molecule has 0 N–H and O–H groups in total. The molecule has 1 aromatic heterocycles. The smallest absolute Gasteiger partial charge is 0.187 e. The number of hydrogen-bond donors (Lipinski definition) is 0. The van der Waals surface area contributed by atoms with Gasteiger partial charge < -0.3 is 4.90 Å². The van der Waals surface area contributed by atoms with Crippen molar-refractivity contribution in [2.45, 2.75) is 49.5 Å². The van der Waals surface area contributed by atoms with Crippen molar-refractivity contribution < 1.29 is 12.8 Å². The highest BCUT2D eigenvalue weighted by molar-refractivity contribution is 7.90. The largest absolute Gasteiger partial charge is 0.370 e. The molecule has 1 aliphatic heterocycles. The number of rotatable bonds is 7. The zero-order valence-electron chi connectivity index (χ0n) is 18.5. The van der Waals surface area contributed by atoms with E-state index in [4.69, 9.17) is 0 Å². The number of aryl methyl sites for hydroxylation is 1. The Morgan fingerprint density at radius 3 is 2.69 bits per heavy atom. The molecular weight excluding hydrogens is 445 g/mol. The number of likely N-dealkylation sites (tertiary alicyclic amines) is 1. The number of likely N-dealkylation sites (N-methyl/N-ethyl adjacent to an activating group) is 1. The van der Waals surface area contributed by atoms with Gasteiger partial charge in [-0.3, -0.25) is 4.90 Å². The van der Waals surface area contributed by atoms with E-state index in [9.17, 15) is 8.42 Å². The number of anilines is 1. The van der Waals surface area contributed by atoms with Gasteiger partial charge in [0.05, 0.1) is 17.0 Å². The molecule has 2 heterocycles. The van der Waals surface area contributed by atoms with E-state index in [2.05, 4.69) is 46.0 Å². The van der Waals surface area contributed by atoms with Crippen LogP contribution in [0.3, 0.4) is 0 Å². The second-order valence-electron chi connectivity index (χ2n) is 8.47. The minimum absolute atomic E-state index is 0.217. The van der Waals surface area contributed by atoms with Gasteiger partial charge in [-0.1, -0.05) is 30.3 Å². The van der Waals surface area contributed by atoms with Crippen LogP contribution in [0.4, 0.5) is 10.1 Å². The molecule has 2 atom stereocenters. The molecule has 170 valence electrons. The van der Waals surface area contributed by atoms with Gasteiger partial charge in [-0.15, -0.1) is 11.3 Å². The van der Waals surface area contributed by atoms with Crippen LogP contribution >= 0.6 is 11.3 Å². The van der Waals surface area contributed by atoms with Crippen LogP contribution in [0.15, 0.2) is 58.3 Å². The van der Waals surface area contributed by atoms with Crippen LogP contribution in [0.5, 0.6) is 0 Å². The first-order valence-electron chi connectivity index (χ1n) is 10.7. The molecule has 1 fully saturated rings. The summed E-state index contributed by atoms with van der Waals surface area (Å²) in [5, 5.41) is 1.67. The SMILES string of the molecule is Cc1cc(S(=O)(=O)Cc2cscn2)c(F)cc1N(C)C1CCN(Cc2ccccc2)[C@@H]1C. The van der Waals surface area contributed by atoms with Crippen LogP contribution in [-0.4, -0.2) is 44.0 Å². The molecule has 0 amide bonds. The van der Waals surface area contributed by atoms with Crippen LogP contribution in [0, 0.1) is 12.7 Å². The molecule has 1 saturated heterocycles. The maximum Gasteiger partial charge on any atom is 0.187 e. The summed E-state index contributed by atoms with van der Waals surface area (Å²) in [6.45, 7) is 5.89. The highest BCUT2D eigenvalue weighted by atomic mass is 32.2. The molecule has 2 aromatic carbocycles. The molecule has 8 heteroatoms. The third-order valence-electron chi connectivity index (χ3n) is 6.36. The van der Waals surface area contributed by atoms with Gasteiger partial charge in [0.2, 0.25) is 0 Å². The second kappa shape index (κ2) is 9.29. The molecule has 1 aliphatic rings. The zero-order valence-corrected chi connectivity index (χ0v) is 20.2. The number of nitrogens with zero attached hydrogens (tertiary/aromatic N) is 3. The molecular formula is C24H28FN3O2S2. The van der Waals surface area contributed by atoms with Crippen LogP contribution in [0.1, 0.15) is 30.2 Å². The normalized spacial score (nSPS) is 19.4. The van der Waals surface area contributed by atoms with Crippen LogP contribution in [0.2, 0.25) is 0 Å². The molecule has 0 spiro atoms.